The van der Waals surface area contributed by atoms with Gasteiger partial charge in [0.2, 0.25) is 0 Å². The number of hydrogen-bond acceptors (Lipinski definition) is 4. The van der Waals surface area contributed by atoms with Crippen LogP contribution in [0.2, 0.25) is 0 Å². The molecule has 8 saturated carbocycles. The van der Waals surface area contributed by atoms with Crippen molar-refractivity contribution in [3.63, 3.8) is 0 Å². The van der Waals surface area contributed by atoms with Crippen molar-refractivity contribution in [1.82, 2.24) is 0 Å². The Hall–Kier alpha value is -3.40. The molecule has 0 aromatic heterocycles. The molecule has 0 amide bonds. The first kappa shape index (κ1) is 29.7. The molecular weight excluding hydrogens is 576 g/mol. The number of aryl methyl sites for hydroxylation is 3. The molecule has 8 fully saturated rings. The fraction of sp³-hybridized carbons (Fsp3) is 0.535. The van der Waals surface area contributed by atoms with Crippen molar-refractivity contribution in [3.8, 4) is 11.5 Å². The highest BCUT2D eigenvalue weighted by molar-refractivity contribution is 5.90. The predicted molar refractivity (Wildman–Crippen MR) is 191 cm³/mol. The Labute approximate surface area is 280 Å². The summed E-state index contributed by atoms with van der Waals surface area (Å²) in [7, 11) is 0. The Morgan fingerprint density at radius 1 is 0.511 bits per heavy atom. The predicted octanol–water partition coefficient (Wildman–Crippen LogP) is 10.5. The van der Waals surface area contributed by atoms with Gasteiger partial charge in [0.25, 0.3) is 0 Å². The maximum atomic E-state index is 11.7. The van der Waals surface area contributed by atoms with Gasteiger partial charge >= 0.3 is 0 Å². The lowest BCUT2D eigenvalue weighted by Crippen LogP contribution is -2.48. The minimum absolute atomic E-state index is 0.122. The summed E-state index contributed by atoms with van der Waals surface area (Å²) < 4.78 is 0. The van der Waals surface area contributed by atoms with Gasteiger partial charge in [0.05, 0.1) is 11.4 Å². The monoisotopic (exact) mass is 626 g/mol. The van der Waals surface area contributed by atoms with E-state index in [0.29, 0.717) is 11.5 Å². The summed E-state index contributed by atoms with van der Waals surface area (Å²) in [4.78, 5) is 9.90. The molecule has 2 N–H and O–H groups in total. The van der Waals surface area contributed by atoms with Gasteiger partial charge in [-0.15, -0.1) is 0 Å². The number of nitrogens with zero attached hydrogens (tertiary/aromatic N) is 2. The highest BCUT2D eigenvalue weighted by Crippen LogP contribution is 2.63. The largest absolute Gasteiger partial charge is 0.507 e. The van der Waals surface area contributed by atoms with Crippen LogP contribution in [0.1, 0.15) is 116 Å². The number of rotatable bonds is 6. The van der Waals surface area contributed by atoms with E-state index in [1.807, 2.05) is 18.5 Å². The average molecular weight is 627 g/mol. The minimum Gasteiger partial charge on any atom is -0.507 e. The average Bonchev–Trinajstić information content (AvgIpc) is 3.00. The van der Waals surface area contributed by atoms with Crippen LogP contribution in [0.3, 0.4) is 0 Å². The molecule has 11 rings (SSSR count). The molecule has 4 nitrogen and oxygen atoms in total. The van der Waals surface area contributed by atoms with E-state index in [-0.39, 0.29) is 10.8 Å². The molecule has 8 aliphatic rings. The van der Waals surface area contributed by atoms with Crippen LogP contribution in [0, 0.1) is 56.3 Å². The molecule has 0 radical (unpaired) electrons. The lowest BCUT2D eigenvalue weighted by molar-refractivity contribution is -0.00631. The van der Waals surface area contributed by atoms with Crippen molar-refractivity contribution in [3.05, 3.63) is 81.4 Å². The van der Waals surface area contributed by atoms with E-state index in [1.54, 1.807) is 0 Å². The second-order valence-electron chi connectivity index (χ2n) is 17.4. The highest BCUT2D eigenvalue weighted by atomic mass is 16.3. The van der Waals surface area contributed by atoms with Crippen molar-refractivity contribution in [1.29, 1.82) is 0 Å². The van der Waals surface area contributed by atoms with Crippen molar-refractivity contribution in [2.45, 2.75) is 109 Å². The lowest BCUT2D eigenvalue weighted by atomic mass is 9.48. The van der Waals surface area contributed by atoms with Gasteiger partial charge in [-0.25, -0.2) is 0 Å². The summed E-state index contributed by atoms with van der Waals surface area (Å²) in [5.74, 6) is 5.77. The third-order valence-corrected chi connectivity index (χ3v) is 13.6. The fourth-order valence-corrected chi connectivity index (χ4v) is 12.6. The standard InChI is InChI=1S/C43H50N2O2/c1-25-4-5-38(44-23-34-6-26(2)8-36(40(34)46)42-17-28-11-29(18-42)13-30(12-28)19-42)39(10-25)45-24-35-7-27(3)9-37(41(35)47)43-20-31-14-32(21-43)16-33(15-31)22-43/h4-10,23-24,28-33,46-47H,11-22H2,1-3H3. The van der Waals surface area contributed by atoms with E-state index >= 15 is 0 Å². The lowest BCUT2D eigenvalue weighted by Gasteiger charge is -2.57. The molecule has 0 atom stereocenters. The molecule has 0 saturated heterocycles. The van der Waals surface area contributed by atoms with E-state index in [0.717, 1.165) is 74.7 Å². The van der Waals surface area contributed by atoms with E-state index in [1.165, 1.54) is 88.2 Å². The van der Waals surface area contributed by atoms with Crippen molar-refractivity contribution in [2.24, 2.45) is 45.5 Å². The number of phenols is 2. The molecule has 0 spiro atoms. The molecule has 244 valence electrons. The molecule has 0 heterocycles. The first-order chi connectivity index (χ1) is 22.6. The molecule has 3 aromatic rings. The van der Waals surface area contributed by atoms with Crippen LogP contribution < -0.4 is 0 Å². The SMILES string of the molecule is Cc1ccc(N=Cc2cc(C)cc(C34CC5CC(CC(C5)C3)C4)c2O)c(N=Cc2cc(C)cc(C34CC5CC(CC(C5)C3)C4)c2O)c1. The van der Waals surface area contributed by atoms with Crippen LogP contribution in [-0.2, 0) is 10.8 Å². The number of hydrogen-bond donors (Lipinski definition) is 2. The second-order valence-corrected chi connectivity index (χ2v) is 17.4. The van der Waals surface area contributed by atoms with Gasteiger partial charge in [0, 0.05) is 34.7 Å². The summed E-state index contributed by atoms with van der Waals surface area (Å²) in [5, 5.41) is 23.5. The number of aliphatic imine (C=N–C) groups is 2. The van der Waals surface area contributed by atoms with Gasteiger partial charge in [-0.1, -0.05) is 18.2 Å². The zero-order valence-corrected chi connectivity index (χ0v) is 28.4. The van der Waals surface area contributed by atoms with Crippen molar-refractivity contribution in [2.75, 3.05) is 0 Å². The van der Waals surface area contributed by atoms with Crippen LogP contribution in [0.15, 0.2) is 52.4 Å². The summed E-state index contributed by atoms with van der Waals surface area (Å²) in [6.07, 6.45) is 19.4. The summed E-state index contributed by atoms with van der Waals surface area (Å²) in [6.45, 7) is 6.37. The van der Waals surface area contributed by atoms with Gasteiger partial charge < -0.3 is 10.2 Å². The van der Waals surface area contributed by atoms with E-state index in [9.17, 15) is 10.2 Å². The Kier molecular flexibility index (Phi) is 6.83. The Morgan fingerprint density at radius 3 is 1.30 bits per heavy atom. The molecule has 8 bridgehead atoms. The van der Waals surface area contributed by atoms with E-state index in [2.05, 4.69) is 57.2 Å². The molecular formula is C43H50N2O2. The maximum Gasteiger partial charge on any atom is 0.128 e. The maximum absolute atomic E-state index is 11.7. The van der Waals surface area contributed by atoms with E-state index in [4.69, 9.17) is 9.98 Å². The van der Waals surface area contributed by atoms with Crippen LogP contribution >= 0.6 is 0 Å². The third-order valence-electron chi connectivity index (χ3n) is 13.6. The zero-order valence-electron chi connectivity index (χ0n) is 28.4. The first-order valence-corrected chi connectivity index (χ1v) is 18.5. The van der Waals surface area contributed by atoms with Gasteiger partial charge in [-0.05, 0) is 185 Å². The second kappa shape index (κ2) is 10.8. The molecule has 3 aromatic carbocycles. The third kappa shape index (κ3) is 5.08. The zero-order chi connectivity index (χ0) is 32.1. The normalized spacial score (nSPS) is 35.1. The number of benzene rings is 3. The Morgan fingerprint density at radius 2 is 0.894 bits per heavy atom. The molecule has 8 aliphatic carbocycles. The molecule has 47 heavy (non-hydrogen) atoms. The Bertz CT molecular complexity index is 1740. The molecule has 4 heteroatoms. The van der Waals surface area contributed by atoms with Gasteiger partial charge in [-0.2, -0.15) is 0 Å². The van der Waals surface area contributed by atoms with Crippen LogP contribution in [0.5, 0.6) is 11.5 Å². The smallest absolute Gasteiger partial charge is 0.128 e. The van der Waals surface area contributed by atoms with Crippen LogP contribution in [-0.4, -0.2) is 22.6 Å². The number of phenolic OH excluding ortho intramolecular Hbond substituents is 2. The topological polar surface area (TPSA) is 65.2 Å². The van der Waals surface area contributed by atoms with Crippen molar-refractivity contribution >= 4 is 23.8 Å². The van der Waals surface area contributed by atoms with Crippen LogP contribution in [0.4, 0.5) is 11.4 Å². The van der Waals surface area contributed by atoms with Gasteiger partial charge in [0.1, 0.15) is 11.5 Å². The van der Waals surface area contributed by atoms with Crippen LogP contribution in [0.25, 0.3) is 0 Å². The minimum atomic E-state index is 0.122. The highest BCUT2D eigenvalue weighted by Gasteiger charge is 2.53. The van der Waals surface area contributed by atoms with E-state index < -0.39 is 0 Å². The molecule has 0 unspecified atom stereocenters. The fourth-order valence-electron chi connectivity index (χ4n) is 12.6. The van der Waals surface area contributed by atoms with Crippen molar-refractivity contribution < 1.29 is 10.2 Å². The summed E-state index contributed by atoms with van der Waals surface area (Å²) in [6, 6.07) is 14.8. The quantitative estimate of drug-likeness (QED) is 0.267. The van der Waals surface area contributed by atoms with Gasteiger partial charge in [-0.3, -0.25) is 9.98 Å². The summed E-state index contributed by atoms with van der Waals surface area (Å²) >= 11 is 0. The molecule has 0 aliphatic heterocycles. The summed E-state index contributed by atoms with van der Waals surface area (Å²) in [5.41, 5.74) is 9.16. The van der Waals surface area contributed by atoms with Gasteiger partial charge in [0.15, 0.2) is 0 Å². The first-order valence-electron chi connectivity index (χ1n) is 18.5. The Balaban J connectivity index is 1.03. The number of aromatic hydroxyl groups is 2.